The first-order valence-electron chi connectivity index (χ1n) is 16.1. The Morgan fingerprint density at radius 2 is 0.957 bits per heavy atom. The summed E-state index contributed by atoms with van der Waals surface area (Å²) in [6.07, 6.45) is 9.80. The minimum atomic E-state index is -1.15. The number of hydrogen-bond acceptors (Lipinski definition) is 1. The van der Waals surface area contributed by atoms with Gasteiger partial charge in [0.25, 0.3) is 0 Å². The van der Waals surface area contributed by atoms with E-state index in [4.69, 9.17) is 0 Å². The Hall–Kier alpha value is -4.70. The molecular weight excluding hydrogens is 607 g/mol. The number of nitrogens with zero attached hydrogens (tertiary/aromatic N) is 1. The highest BCUT2D eigenvalue weighted by Gasteiger charge is 2.36. The molecule has 0 spiro atoms. The van der Waals surface area contributed by atoms with E-state index in [-0.39, 0.29) is 0 Å². The minimum absolute atomic E-state index is 1.14. The Morgan fingerprint density at radius 1 is 0.404 bits per heavy atom. The predicted molar refractivity (Wildman–Crippen MR) is 207 cm³/mol. The van der Waals surface area contributed by atoms with Crippen molar-refractivity contribution in [2.24, 2.45) is 0 Å². The molecule has 9 rings (SSSR count). The van der Waals surface area contributed by atoms with Crippen molar-refractivity contribution in [1.82, 2.24) is 0 Å². The van der Waals surface area contributed by atoms with Gasteiger partial charge in [0.15, 0.2) is 0 Å². The number of hydrogen-bond donors (Lipinski definition) is 0. The average Bonchev–Trinajstić information content (AvgIpc) is 3.48. The Balaban J connectivity index is 1.26. The maximum atomic E-state index is 2.52. The highest BCUT2D eigenvalue weighted by atomic mass is 32.3. The van der Waals surface area contributed by atoms with Crippen LogP contribution >= 0.6 is 20.1 Å². The molecule has 0 aliphatic carbocycles. The van der Waals surface area contributed by atoms with Crippen LogP contribution in [-0.2, 0) is 0 Å². The maximum Gasteiger partial charge on any atom is 0.0551 e. The average molecular weight is 644 g/mol. The van der Waals surface area contributed by atoms with E-state index in [1.807, 2.05) is 0 Å². The molecule has 3 heteroatoms. The summed E-state index contributed by atoms with van der Waals surface area (Å²) in [6.45, 7) is 0. The minimum Gasteiger partial charge on any atom is -0.310 e. The van der Waals surface area contributed by atoms with Crippen LogP contribution in [0.4, 0.5) is 17.1 Å². The molecule has 7 aromatic carbocycles. The fraction of sp³-hybridized carbons (Fsp3) is 0.0909. The predicted octanol–water partition coefficient (Wildman–Crippen LogP) is 12.9. The number of rotatable bonds is 4. The molecule has 7 aromatic rings. The Bertz CT molecular complexity index is 2360. The first-order valence-corrected chi connectivity index (χ1v) is 21.0. The van der Waals surface area contributed by atoms with E-state index in [2.05, 4.69) is 182 Å². The van der Waals surface area contributed by atoms with Gasteiger partial charge in [0.2, 0.25) is 0 Å². The van der Waals surface area contributed by atoms with Crippen LogP contribution < -0.4 is 4.90 Å². The van der Waals surface area contributed by atoms with E-state index in [1.54, 1.807) is 0 Å². The second-order valence-electron chi connectivity index (χ2n) is 13.4. The van der Waals surface area contributed by atoms with Gasteiger partial charge in [0.05, 0.1) is 5.69 Å². The van der Waals surface area contributed by atoms with Crippen LogP contribution in [-0.4, -0.2) is 25.0 Å². The molecule has 2 aliphatic rings. The van der Waals surface area contributed by atoms with Crippen molar-refractivity contribution in [3.05, 3.63) is 152 Å². The molecule has 0 fully saturated rings. The number of fused-ring (bicyclic) bond motifs is 7. The summed E-state index contributed by atoms with van der Waals surface area (Å²) >= 11 is 0. The lowest BCUT2D eigenvalue weighted by Crippen LogP contribution is -2.12. The fourth-order valence-corrected chi connectivity index (χ4v) is 12.9. The van der Waals surface area contributed by atoms with Crippen LogP contribution in [0, 0.1) is 0 Å². The zero-order valence-electron chi connectivity index (χ0n) is 27.2. The van der Waals surface area contributed by atoms with E-state index >= 15 is 0 Å². The van der Waals surface area contributed by atoms with E-state index in [1.165, 1.54) is 80.8 Å². The van der Waals surface area contributed by atoms with Crippen molar-refractivity contribution < 1.29 is 0 Å². The van der Waals surface area contributed by atoms with Crippen LogP contribution in [0.5, 0.6) is 0 Å². The SMILES string of the molecule is CS1(C)c2ccccc2-c2ccc(N(c3ccc(-c4cccc5ccccc45)cc3)c3cccc4c3-c3ccccc3S4(C)C)cc21. The van der Waals surface area contributed by atoms with Gasteiger partial charge < -0.3 is 4.90 Å². The lowest BCUT2D eigenvalue weighted by molar-refractivity contribution is 1.25. The van der Waals surface area contributed by atoms with Crippen molar-refractivity contribution in [2.45, 2.75) is 19.6 Å². The molecule has 0 saturated heterocycles. The van der Waals surface area contributed by atoms with E-state index in [9.17, 15) is 0 Å². The van der Waals surface area contributed by atoms with Gasteiger partial charge in [-0.1, -0.05) is 103 Å². The molecule has 0 atom stereocenters. The highest BCUT2D eigenvalue weighted by Crippen LogP contribution is 2.70. The summed E-state index contributed by atoms with van der Waals surface area (Å²) in [4.78, 5) is 8.41. The van der Waals surface area contributed by atoms with Crippen molar-refractivity contribution in [1.29, 1.82) is 0 Å². The van der Waals surface area contributed by atoms with Gasteiger partial charge in [-0.3, -0.25) is 0 Å². The molecule has 230 valence electrons. The molecule has 2 heterocycles. The Kier molecular flexibility index (Phi) is 6.31. The molecular formula is C44H37NS2. The summed E-state index contributed by atoms with van der Waals surface area (Å²) in [5.41, 5.74) is 11.6. The van der Waals surface area contributed by atoms with E-state index in [0.29, 0.717) is 0 Å². The van der Waals surface area contributed by atoms with Gasteiger partial charge in [-0.15, -0.1) is 0 Å². The van der Waals surface area contributed by atoms with Crippen LogP contribution in [0.25, 0.3) is 44.2 Å². The fourth-order valence-electron chi connectivity index (χ4n) is 7.88. The summed E-state index contributed by atoms with van der Waals surface area (Å²) < 4.78 is 0. The summed E-state index contributed by atoms with van der Waals surface area (Å²) in [6, 6.07) is 56.7. The molecule has 0 bridgehead atoms. The summed E-state index contributed by atoms with van der Waals surface area (Å²) in [5.74, 6) is 0. The monoisotopic (exact) mass is 643 g/mol. The highest BCUT2D eigenvalue weighted by molar-refractivity contribution is 8.33. The quantitative estimate of drug-likeness (QED) is 0.184. The smallest absolute Gasteiger partial charge is 0.0551 e. The largest absolute Gasteiger partial charge is 0.310 e. The molecule has 47 heavy (non-hydrogen) atoms. The van der Waals surface area contributed by atoms with Gasteiger partial charge in [0, 0.05) is 36.5 Å². The molecule has 0 unspecified atom stereocenters. The third-order valence-electron chi connectivity index (χ3n) is 10.2. The van der Waals surface area contributed by atoms with Crippen molar-refractivity contribution >= 4 is 47.9 Å². The van der Waals surface area contributed by atoms with Crippen LogP contribution in [0.15, 0.2) is 171 Å². The number of benzene rings is 7. The normalized spacial score (nSPS) is 16.1. The topological polar surface area (TPSA) is 3.24 Å². The van der Waals surface area contributed by atoms with Gasteiger partial charge >= 0.3 is 0 Å². The molecule has 0 N–H and O–H groups in total. The van der Waals surface area contributed by atoms with Gasteiger partial charge in [0.1, 0.15) is 0 Å². The lowest BCUT2D eigenvalue weighted by Gasteiger charge is -2.32. The Labute approximate surface area is 281 Å². The standard InChI is InChI=1S/C44H37NS2/c1-46(2)41-21-10-8-17-38(41)44-39(19-12-22-42(44)46)45(33-27-28-37-36-16-7-9-20-40(36)47(3,4)43(37)29-33)32-25-23-31(24-26-32)35-18-11-14-30-13-5-6-15-34(30)35/h5-29H,1-4H3. The van der Waals surface area contributed by atoms with Crippen molar-refractivity contribution in [3.63, 3.8) is 0 Å². The second-order valence-corrected chi connectivity index (χ2v) is 20.5. The third kappa shape index (κ3) is 4.20. The second kappa shape index (κ2) is 10.4. The molecule has 0 aromatic heterocycles. The molecule has 0 amide bonds. The van der Waals surface area contributed by atoms with E-state index < -0.39 is 20.1 Å². The molecule has 1 nitrogen and oxygen atoms in total. The zero-order valence-corrected chi connectivity index (χ0v) is 28.8. The molecule has 0 radical (unpaired) electrons. The number of anilines is 3. The molecule has 2 aliphatic heterocycles. The lowest BCUT2D eigenvalue weighted by atomic mass is 9.97. The van der Waals surface area contributed by atoms with Gasteiger partial charge in [-0.2, -0.15) is 20.1 Å². The van der Waals surface area contributed by atoms with E-state index in [0.717, 1.165) is 0 Å². The van der Waals surface area contributed by atoms with Gasteiger partial charge in [-0.25, -0.2) is 0 Å². The third-order valence-corrected chi connectivity index (χ3v) is 16.0. The van der Waals surface area contributed by atoms with Crippen molar-refractivity contribution in [2.75, 3.05) is 29.9 Å². The van der Waals surface area contributed by atoms with Crippen molar-refractivity contribution in [3.8, 4) is 33.4 Å². The van der Waals surface area contributed by atoms with Crippen LogP contribution in [0.1, 0.15) is 0 Å². The first kappa shape index (κ1) is 28.5. The van der Waals surface area contributed by atoms with Crippen LogP contribution in [0.2, 0.25) is 0 Å². The summed E-state index contributed by atoms with van der Waals surface area (Å²) in [5, 5.41) is 2.55. The first-order chi connectivity index (χ1) is 22.8. The zero-order chi connectivity index (χ0) is 31.9. The summed E-state index contributed by atoms with van der Waals surface area (Å²) in [7, 11) is -2.29. The Morgan fingerprint density at radius 3 is 1.77 bits per heavy atom. The maximum absolute atomic E-state index is 2.52. The molecule has 0 saturated carbocycles. The van der Waals surface area contributed by atoms with Gasteiger partial charge in [-0.05, 0) is 112 Å². The van der Waals surface area contributed by atoms with Crippen LogP contribution in [0.3, 0.4) is 0 Å².